The van der Waals surface area contributed by atoms with E-state index in [1.54, 1.807) is 24.3 Å². The van der Waals surface area contributed by atoms with E-state index >= 15 is 0 Å². The maximum Gasteiger partial charge on any atom is 0.326 e. The molecule has 2 aliphatic rings. The number of carboxylic acid groups (broad SMARTS) is 1. The van der Waals surface area contributed by atoms with Crippen LogP contribution in [0, 0.1) is 0 Å². The minimum Gasteiger partial charge on any atom is -0.497 e. The summed E-state index contributed by atoms with van der Waals surface area (Å²) in [5, 5.41) is 12.2. The lowest BCUT2D eigenvalue weighted by atomic mass is 10.0. The third-order valence-corrected chi connectivity index (χ3v) is 4.92. The van der Waals surface area contributed by atoms with Crippen molar-refractivity contribution in [2.75, 3.05) is 7.11 Å². The van der Waals surface area contributed by atoms with Gasteiger partial charge in [0, 0.05) is 11.6 Å². The monoisotopic (exact) mass is 358 g/mol. The van der Waals surface area contributed by atoms with Crippen LogP contribution in [0.3, 0.4) is 0 Å². The number of nitrogens with zero attached hydrogens (tertiary/aromatic N) is 1. The van der Waals surface area contributed by atoms with E-state index < -0.39 is 18.1 Å². The molecule has 138 valence electrons. The molecule has 26 heavy (non-hydrogen) atoms. The lowest BCUT2D eigenvalue weighted by Crippen LogP contribution is -2.54. The van der Waals surface area contributed by atoms with Crippen molar-refractivity contribution in [1.82, 2.24) is 10.2 Å². The molecule has 2 amide bonds. The number of carbonyl (C=O) groups is 3. The van der Waals surface area contributed by atoms with Gasteiger partial charge in [-0.2, -0.15) is 0 Å². The molecule has 1 aromatic rings. The first-order valence-electron chi connectivity index (χ1n) is 8.66. The fraction of sp³-hybridized carbons (Fsp3) is 0.421. The van der Waals surface area contributed by atoms with Gasteiger partial charge in [-0.15, -0.1) is 0 Å². The third kappa shape index (κ3) is 3.56. The molecule has 1 saturated heterocycles. The zero-order valence-electron chi connectivity index (χ0n) is 14.6. The van der Waals surface area contributed by atoms with Gasteiger partial charge in [0.05, 0.1) is 7.11 Å². The Bertz CT molecular complexity index is 745. The van der Waals surface area contributed by atoms with Gasteiger partial charge in [-0.3, -0.25) is 9.59 Å². The quantitative estimate of drug-likeness (QED) is 0.797. The molecule has 2 heterocycles. The first kappa shape index (κ1) is 18.0. The molecule has 1 aromatic carbocycles. The Kier molecular flexibility index (Phi) is 5.25. The molecule has 0 saturated carbocycles. The summed E-state index contributed by atoms with van der Waals surface area (Å²) in [6.07, 6.45) is 5.91. The van der Waals surface area contributed by atoms with Gasteiger partial charge in [-0.25, -0.2) is 4.79 Å². The summed E-state index contributed by atoms with van der Waals surface area (Å²) >= 11 is 0. The van der Waals surface area contributed by atoms with Crippen LogP contribution in [0.15, 0.2) is 36.4 Å². The van der Waals surface area contributed by atoms with Crippen molar-refractivity contribution in [3.05, 3.63) is 42.0 Å². The van der Waals surface area contributed by atoms with Crippen LogP contribution >= 0.6 is 0 Å². The number of rotatable bonds is 4. The van der Waals surface area contributed by atoms with Crippen molar-refractivity contribution in [1.29, 1.82) is 0 Å². The first-order chi connectivity index (χ1) is 12.5. The Morgan fingerprint density at radius 3 is 2.73 bits per heavy atom. The summed E-state index contributed by atoms with van der Waals surface area (Å²) in [5.74, 6) is -1.17. The number of aliphatic carboxylic acids is 1. The summed E-state index contributed by atoms with van der Waals surface area (Å²) in [5.41, 5.74) is 0.385. The summed E-state index contributed by atoms with van der Waals surface area (Å²) in [6, 6.07) is 4.92. The zero-order chi connectivity index (χ0) is 18.7. The van der Waals surface area contributed by atoms with Gasteiger partial charge < -0.3 is 20.1 Å². The zero-order valence-corrected chi connectivity index (χ0v) is 14.6. The molecule has 3 rings (SSSR count). The highest BCUT2D eigenvalue weighted by atomic mass is 16.5. The van der Waals surface area contributed by atoms with Crippen molar-refractivity contribution < 1.29 is 24.2 Å². The van der Waals surface area contributed by atoms with E-state index in [0.29, 0.717) is 37.0 Å². The van der Waals surface area contributed by atoms with Gasteiger partial charge in [0.25, 0.3) is 5.91 Å². The molecule has 0 spiro atoms. The molecular weight excluding hydrogens is 336 g/mol. The van der Waals surface area contributed by atoms with Gasteiger partial charge in [-0.1, -0.05) is 18.2 Å². The van der Waals surface area contributed by atoms with Crippen LogP contribution in [0.1, 0.15) is 36.0 Å². The van der Waals surface area contributed by atoms with Crippen LogP contribution < -0.4 is 10.1 Å². The highest BCUT2D eigenvalue weighted by molar-refractivity contribution is 5.98. The van der Waals surface area contributed by atoms with E-state index in [-0.39, 0.29) is 17.9 Å². The van der Waals surface area contributed by atoms with E-state index in [0.717, 1.165) is 0 Å². The van der Waals surface area contributed by atoms with E-state index in [1.165, 1.54) is 12.0 Å². The molecule has 1 fully saturated rings. The second-order valence-corrected chi connectivity index (χ2v) is 6.53. The van der Waals surface area contributed by atoms with Crippen molar-refractivity contribution in [2.45, 2.75) is 43.8 Å². The van der Waals surface area contributed by atoms with Crippen LogP contribution in [0.5, 0.6) is 5.75 Å². The van der Waals surface area contributed by atoms with Crippen molar-refractivity contribution in [2.24, 2.45) is 0 Å². The molecule has 0 aliphatic carbocycles. The molecule has 0 radical (unpaired) electrons. The number of hydrogen-bond donors (Lipinski definition) is 2. The van der Waals surface area contributed by atoms with Crippen LogP contribution in [0.2, 0.25) is 0 Å². The fourth-order valence-corrected chi connectivity index (χ4v) is 3.58. The lowest BCUT2D eigenvalue weighted by Gasteiger charge is -2.32. The molecule has 0 unspecified atom stereocenters. The minimum atomic E-state index is -0.997. The van der Waals surface area contributed by atoms with Crippen LogP contribution in [0.4, 0.5) is 0 Å². The number of hydrogen-bond acceptors (Lipinski definition) is 4. The highest BCUT2D eigenvalue weighted by Crippen LogP contribution is 2.29. The second kappa shape index (κ2) is 7.59. The number of benzene rings is 1. The predicted octanol–water partition coefficient (Wildman–Crippen LogP) is 1.59. The fourth-order valence-electron chi connectivity index (χ4n) is 3.58. The molecule has 0 bridgehead atoms. The smallest absolute Gasteiger partial charge is 0.326 e. The number of carboxylic acids is 1. The van der Waals surface area contributed by atoms with Crippen molar-refractivity contribution in [3.8, 4) is 5.75 Å². The Hall–Kier alpha value is -2.83. The van der Waals surface area contributed by atoms with E-state index in [9.17, 15) is 19.5 Å². The number of amides is 2. The lowest BCUT2D eigenvalue weighted by molar-refractivity contribution is -0.150. The Morgan fingerprint density at radius 2 is 2.00 bits per heavy atom. The Labute approximate surface area is 151 Å². The molecule has 2 N–H and O–H groups in total. The highest BCUT2D eigenvalue weighted by Gasteiger charge is 2.43. The van der Waals surface area contributed by atoms with Crippen molar-refractivity contribution in [3.63, 3.8) is 0 Å². The van der Waals surface area contributed by atoms with E-state index in [4.69, 9.17) is 4.74 Å². The van der Waals surface area contributed by atoms with Crippen LogP contribution in [0.25, 0.3) is 0 Å². The predicted molar refractivity (Wildman–Crippen MR) is 93.9 cm³/mol. The maximum absolute atomic E-state index is 13.0. The van der Waals surface area contributed by atoms with Gasteiger partial charge in [-0.05, 0) is 43.9 Å². The largest absolute Gasteiger partial charge is 0.497 e. The summed E-state index contributed by atoms with van der Waals surface area (Å²) < 4.78 is 5.12. The molecule has 7 nitrogen and oxygen atoms in total. The van der Waals surface area contributed by atoms with E-state index in [1.807, 2.05) is 12.2 Å². The van der Waals surface area contributed by atoms with Gasteiger partial charge in [0.2, 0.25) is 5.91 Å². The molecule has 0 aromatic heterocycles. The third-order valence-electron chi connectivity index (χ3n) is 4.92. The molecule has 2 aliphatic heterocycles. The second-order valence-electron chi connectivity index (χ2n) is 6.53. The summed E-state index contributed by atoms with van der Waals surface area (Å²) in [6.45, 7) is 0. The SMILES string of the molecule is COc1cccc(C(=O)N[C@@H]2CC=CC[C@H]3CC[C@@H](C(=O)O)N3C2=O)c1. The standard InChI is InChI=1S/C19H22N2O5/c1-26-14-7-4-5-12(11-14)17(22)20-15-8-3-2-6-13-9-10-16(19(24)25)21(13)18(15)23/h2-5,7,11,13,15-16H,6,8-10H2,1H3,(H,20,22)(H,24,25)/t13-,15+,16-/m0/s1. The topological polar surface area (TPSA) is 95.9 Å². The number of ether oxygens (including phenoxy) is 1. The van der Waals surface area contributed by atoms with E-state index in [2.05, 4.69) is 5.32 Å². The van der Waals surface area contributed by atoms with Gasteiger partial charge in [0.15, 0.2) is 0 Å². The number of carbonyl (C=O) groups excluding carboxylic acids is 2. The first-order valence-corrected chi connectivity index (χ1v) is 8.66. The normalized spacial score (nSPS) is 25.2. The van der Waals surface area contributed by atoms with Crippen LogP contribution in [-0.2, 0) is 9.59 Å². The molecule has 7 heteroatoms. The van der Waals surface area contributed by atoms with Gasteiger partial charge >= 0.3 is 5.97 Å². The number of methoxy groups -OCH3 is 1. The van der Waals surface area contributed by atoms with Crippen molar-refractivity contribution >= 4 is 17.8 Å². The number of fused-ring (bicyclic) bond motifs is 1. The molecular formula is C19H22N2O5. The summed E-state index contributed by atoms with van der Waals surface area (Å²) in [7, 11) is 1.51. The average Bonchev–Trinajstić information content (AvgIpc) is 3.06. The minimum absolute atomic E-state index is 0.128. The van der Waals surface area contributed by atoms with Crippen LogP contribution in [-0.4, -0.2) is 53.0 Å². The maximum atomic E-state index is 13.0. The summed E-state index contributed by atoms with van der Waals surface area (Å²) in [4.78, 5) is 38.5. The Morgan fingerprint density at radius 1 is 1.23 bits per heavy atom. The van der Waals surface area contributed by atoms with Gasteiger partial charge in [0.1, 0.15) is 17.8 Å². The average molecular weight is 358 g/mol. The Balaban J connectivity index is 1.80. The number of nitrogens with one attached hydrogen (secondary N) is 1. The molecule has 3 atom stereocenters.